The molecule has 0 aliphatic heterocycles. The van der Waals surface area contributed by atoms with Crippen molar-refractivity contribution in [2.24, 2.45) is 4.99 Å². The first-order valence-corrected chi connectivity index (χ1v) is 3.76. The summed E-state index contributed by atoms with van der Waals surface area (Å²) >= 11 is 0. The van der Waals surface area contributed by atoms with Crippen LogP contribution in [-0.2, 0) is 0 Å². The van der Waals surface area contributed by atoms with Crippen molar-refractivity contribution in [3.63, 3.8) is 0 Å². The van der Waals surface area contributed by atoms with Crippen molar-refractivity contribution < 1.29 is 0 Å². The van der Waals surface area contributed by atoms with Gasteiger partial charge in [0.15, 0.2) is 0 Å². The summed E-state index contributed by atoms with van der Waals surface area (Å²) in [5.74, 6) is 0.847. The molecular weight excluding hydrogens is 138 g/mol. The standard InChI is InChI=1S/C8H17N3/c1-7(2)11-8(3)10-6-5-9-4/h5,7,10-11H,3,6H2,1-2,4H3/b9-5-. The van der Waals surface area contributed by atoms with Crippen LogP contribution in [0.3, 0.4) is 0 Å². The lowest BCUT2D eigenvalue weighted by Gasteiger charge is -2.12. The van der Waals surface area contributed by atoms with Gasteiger partial charge < -0.3 is 10.6 Å². The summed E-state index contributed by atoms with van der Waals surface area (Å²) in [5, 5.41) is 6.19. The third-order valence-electron chi connectivity index (χ3n) is 1.05. The highest BCUT2D eigenvalue weighted by Gasteiger charge is 1.92. The van der Waals surface area contributed by atoms with Crippen LogP contribution >= 0.6 is 0 Å². The fourth-order valence-electron chi connectivity index (χ4n) is 0.660. The molecule has 0 spiro atoms. The second kappa shape index (κ2) is 5.77. The van der Waals surface area contributed by atoms with Crippen molar-refractivity contribution in [2.75, 3.05) is 13.6 Å². The predicted octanol–water partition coefficient (Wildman–Crippen LogP) is 0.746. The van der Waals surface area contributed by atoms with Gasteiger partial charge in [0.25, 0.3) is 0 Å². The van der Waals surface area contributed by atoms with Crippen LogP contribution < -0.4 is 10.6 Å². The molecule has 0 atom stereocenters. The van der Waals surface area contributed by atoms with Crippen LogP contribution in [0.2, 0.25) is 0 Å². The van der Waals surface area contributed by atoms with E-state index in [4.69, 9.17) is 0 Å². The van der Waals surface area contributed by atoms with Crippen molar-refractivity contribution in [1.82, 2.24) is 10.6 Å². The van der Waals surface area contributed by atoms with E-state index in [0.29, 0.717) is 6.04 Å². The van der Waals surface area contributed by atoms with Crippen molar-refractivity contribution in [2.45, 2.75) is 19.9 Å². The molecule has 2 N–H and O–H groups in total. The molecule has 0 aromatic rings. The van der Waals surface area contributed by atoms with Crippen LogP contribution in [0.5, 0.6) is 0 Å². The van der Waals surface area contributed by atoms with Gasteiger partial charge in [-0.3, -0.25) is 4.99 Å². The predicted molar refractivity (Wildman–Crippen MR) is 49.8 cm³/mol. The van der Waals surface area contributed by atoms with Gasteiger partial charge in [0.2, 0.25) is 0 Å². The number of nitrogens with one attached hydrogen (secondary N) is 2. The van der Waals surface area contributed by atoms with E-state index >= 15 is 0 Å². The van der Waals surface area contributed by atoms with E-state index in [-0.39, 0.29) is 0 Å². The Hall–Kier alpha value is -0.990. The largest absolute Gasteiger partial charge is 0.370 e. The molecule has 0 aliphatic carbocycles. The highest BCUT2D eigenvalue weighted by molar-refractivity contribution is 5.59. The van der Waals surface area contributed by atoms with Crippen molar-refractivity contribution in [3.05, 3.63) is 12.4 Å². The maximum atomic E-state index is 3.83. The summed E-state index contributed by atoms with van der Waals surface area (Å²) in [6, 6.07) is 0.425. The van der Waals surface area contributed by atoms with Gasteiger partial charge in [0.05, 0.1) is 12.4 Å². The first-order valence-electron chi connectivity index (χ1n) is 3.76. The second-order valence-corrected chi connectivity index (χ2v) is 2.60. The Morgan fingerprint density at radius 1 is 1.64 bits per heavy atom. The molecule has 64 valence electrons. The van der Waals surface area contributed by atoms with Gasteiger partial charge >= 0.3 is 0 Å². The van der Waals surface area contributed by atoms with Crippen LogP contribution in [0.4, 0.5) is 0 Å². The Balaban J connectivity index is 3.37. The van der Waals surface area contributed by atoms with E-state index in [1.165, 1.54) is 0 Å². The zero-order chi connectivity index (χ0) is 8.69. The molecule has 0 aromatic heterocycles. The molecule has 0 saturated heterocycles. The quantitative estimate of drug-likeness (QED) is 0.575. The third-order valence-corrected chi connectivity index (χ3v) is 1.05. The Bertz CT molecular complexity index is 138. The summed E-state index contributed by atoms with van der Waals surface area (Å²) in [7, 11) is 1.75. The Morgan fingerprint density at radius 3 is 2.73 bits per heavy atom. The molecule has 0 amide bonds. The molecule has 0 unspecified atom stereocenters. The van der Waals surface area contributed by atoms with Gasteiger partial charge in [-0.05, 0) is 13.8 Å². The number of rotatable bonds is 5. The lowest BCUT2D eigenvalue weighted by atomic mass is 10.4. The Morgan fingerprint density at radius 2 is 2.27 bits per heavy atom. The lowest BCUT2D eigenvalue weighted by molar-refractivity contribution is 0.629. The molecule has 3 nitrogen and oxygen atoms in total. The fraction of sp³-hybridized carbons (Fsp3) is 0.625. The SMILES string of the molecule is C=C(NC/C=N\C)NC(C)C. The number of hydrogen-bond acceptors (Lipinski definition) is 3. The van der Waals surface area contributed by atoms with Gasteiger partial charge in [-0.1, -0.05) is 6.58 Å². The molecular formula is C8H17N3. The molecule has 0 bridgehead atoms. The number of aliphatic imine (C=N–C) groups is 1. The molecule has 0 rings (SSSR count). The molecule has 0 fully saturated rings. The van der Waals surface area contributed by atoms with E-state index in [0.717, 1.165) is 12.4 Å². The number of nitrogens with zero attached hydrogens (tertiary/aromatic N) is 1. The minimum Gasteiger partial charge on any atom is -0.370 e. The number of hydrogen-bond donors (Lipinski definition) is 2. The minimum atomic E-state index is 0.425. The van der Waals surface area contributed by atoms with Crippen LogP contribution in [0.25, 0.3) is 0 Å². The summed E-state index contributed by atoms with van der Waals surface area (Å²) in [4.78, 5) is 3.83. The lowest BCUT2D eigenvalue weighted by Crippen LogP contribution is -2.31. The van der Waals surface area contributed by atoms with Crippen molar-refractivity contribution in [1.29, 1.82) is 0 Å². The van der Waals surface area contributed by atoms with E-state index in [9.17, 15) is 0 Å². The molecule has 0 radical (unpaired) electrons. The Kier molecular flexibility index (Phi) is 5.25. The first kappa shape index (κ1) is 10.0. The van der Waals surface area contributed by atoms with Crippen molar-refractivity contribution in [3.8, 4) is 0 Å². The third kappa shape index (κ3) is 6.90. The van der Waals surface area contributed by atoms with Gasteiger partial charge in [0.1, 0.15) is 0 Å². The van der Waals surface area contributed by atoms with Gasteiger partial charge in [-0.15, -0.1) is 0 Å². The highest BCUT2D eigenvalue weighted by atomic mass is 15.1. The summed E-state index contributed by atoms with van der Waals surface area (Å²) in [5.41, 5.74) is 0. The van der Waals surface area contributed by atoms with Gasteiger partial charge in [-0.25, -0.2) is 0 Å². The molecule has 3 heteroatoms. The normalized spacial score (nSPS) is 10.5. The molecule has 0 aliphatic rings. The first-order chi connectivity index (χ1) is 5.16. The topological polar surface area (TPSA) is 36.4 Å². The molecule has 0 heterocycles. The smallest absolute Gasteiger partial charge is 0.0917 e. The average molecular weight is 155 g/mol. The molecule has 11 heavy (non-hydrogen) atoms. The van der Waals surface area contributed by atoms with E-state index in [1.54, 1.807) is 13.3 Å². The average Bonchev–Trinajstić information content (AvgIpc) is 1.86. The molecule has 0 aromatic carbocycles. The van der Waals surface area contributed by atoms with Gasteiger partial charge in [0, 0.05) is 19.3 Å². The summed E-state index contributed by atoms with van der Waals surface area (Å²) in [6.45, 7) is 8.65. The highest BCUT2D eigenvalue weighted by Crippen LogP contribution is 1.81. The van der Waals surface area contributed by atoms with Crippen molar-refractivity contribution >= 4 is 6.21 Å². The van der Waals surface area contributed by atoms with Crippen LogP contribution in [-0.4, -0.2) is 25.8 Å². The van der Waals surface area contributed by atoms with Crippen LogP contribution in [0.1, 0.15) is 13.8 Å². The van der Waals surface area contributed by atoms with Gasteiger partial charge in [-0.2, -0.15) is 0 Å². The zero-order valence-corrected chi connectivity index (χ0v) is 7.52. The summed E-state index contributed by atoms with van der Waals surface area (Å²) in [6.07, 6.45) is 1.80. The maximum Gasteiger partial charge on any atom is 0.0917 e. The maximum absolute atomic E-state index is 3.83. The van der Waals surface area contributed by atoms with Crippen LogP contribution in [0.15, 0.2) is 17.4 Å². The van der Waals surface area contributed by atoms with E-state index in [2.05, 4.69) is 36.1 Å². The minimum absolute atomic E-state index is 0.425. The van der Waals surface area contributed by atoms with Crippen LogP contribution in [0, 0.1) is 0 Å². The second-order valence-electron chi connectivity index (χ2n) is 2.60. The van der Waals surface area contributed by atoms with E-state index in [1.807, 2.05) is 0 Å². The monoisotopic (exact) mass is 155 g/mol. The Labute approximate surface area is 68.6 Å². The molecule has 0 saturated carbocycles. The zero-order valence-electron chi connectivity index (χ0n) is 7.52. The fourth-order valence-corrected chi connectivity index (χ4v) is 0.660. The summed E-state index contributed by atoms with van der Waals surface area (Å²) < 4.78 is 0. The van der Waals surface area contributed by atoms with E-state index < -0.39 is 0 Å².